The molecule has 5 heterocycles. The Kier molecular flexibility index (Phi) is 6.57. The van der Waals surface area contributed by atoms with Gasteiger partial charge in [0.05, 0.1) is 58.5 Å². The van der Waals surface area contributed by atoms with Gasteiger partial charge in [0.25, 0.3) is 0 Å². The molecule has 5 aliphatic rings. The molecule has 0 unspecified atom stereocenters. The Morgan fingerprint density at radius 2 is 0.857 bits per heavy atom. The first-order valence-corrected chi connectivity index (χ1v) is 14.3. The van der Waals surface area contributed by atoms with E-state index < -0.39 is 0 Å². The monoisotopic (exact) mass is 490 g/mol. The standard InChI is InChI=1S/C30H50O5/c1-20(2)10-9-16-27(5)24(34-27)14-18-28(6)22(32-28)11-12-23-29(7,33-23)19-15-25-30(8,35-25)17-13-21-26(3,4)31-21/h10,21-25H,9,11-19H2,1-8H3/t21-,22-,23-,24+,25+,27+,28-,29-,30+/m1/s1. The number of hydrogen-bond donors (Lipinski definition) is 0. The Morgan fingerprint density at radius 3 is 1.23 bits per heavy atom. The summed E-state index contributed by atoms with van der Waals surface area (Å²) in [6, 6.07) is 0. The van der Waals surface area contributed by atoms with Crippen LogP contribution in [0.1, 0.15) is 120 Å². The summed E-state index contributed by atoms with van der Waals surface area (Å²) in [7, 11) is 0. The minimum absolute atomic E-state index is 0.0364. The molecule has 0 bridgehead atoms. The Bertz CT molecular complexity index is 835. The number of ether oxygens (including phenoxy) is 5. The van der Waals surface area contributed by atoms with Crippen molar-refractivity contribution >= 4 is 0 Å². The normalized spacial score (nSPS) is 48.4. The summed E-state index contributed by atoms with van der Waals surface area (Å²) in [5.74, 6) is 0. The van der Waals surface area contributed by atoms with E-state index in [1.165, 1.54) is 5.57 Å². The fraction of sp³-hybridized carbons (Fsp3) is 0.933. The molecule has 35 heavy (non-hydrogen) atoms. The van der Waals surface area contributed by atoms with Crippen molar-refractivity contribution < 1.29 is 23.7 Å². The molecule has 5 aliphatic heterocycles. The minimum Gasteiger partial charge on any atom is -0.367 e. The molecule has 0 aromatic heterocycles. The molecule has 0 spiro atoms. The zero-order chi connectivity index (χ0) is 25.3. The minimum atomic E-state index is 0.0364. The van der Waals surface area contributed by atoms with Crippen molar-refractivity contribution in [2.75, 3.05) is 0 Å². The Morgan fingerprint density at radius 1 is 0.514 bits per heavy atom. The first kappa shape index (κ1) is 26.2. The summed E-state index contributed by atoms with van der Waals surface area (Å²) in [5, 5.41) is 0. The van der Waals surface area contributed by atoms with Crippen LogP contribution in [0.15, 0.2) is 11.6 Å². The maximum Gasteiger partial charge on any atom is 0.0923 e. The third-order valence-corrected chi connectivity index (χ3v) is 9.90. The van der Waals surface area contributed by atoms with Crippen LogP contribution in [0.2, 0.25) is 0 Å². The van der Waals surface area contributed by atoms with Crippen molar-refractivity contribution in [3.63, 3.8) is 0 Å². The van der Waals surface area contributed by atoms with Crippen LogP contribution in [0.3, 0.4) is 0 Å². The van der Waals surface area contributed by atoms with Crippen LogP contribution < -0.4 is 0 Å². The molecule has 200 valence electrons. The van der Waals surface area contributed by atoms with Crippen LogP contribution >= 0.6 is 0 Å². The Labute approximate surface area is 213 Å². The lowest BCUT2D eigenvalue weighted by molar-refractivity contribution is 0.262. The first-order valence-electron chi connectivity index (χ1n) is 14.3. The fourth-order valence-electron chi connectivity index (χ4n) is 6.44. The molecule has 5 saturated heterocycles. The quantitative estimate of drug-likeness (QED) is 0.190. The number of hydrogen-bond acceptors (Lipinski definition) is 5. The molecule has 0 saturated carbocycles. The van der Waals surface area contributed by atoms with E-state index in [0.29, 0.717) is 30.5 Å². The van der Waals surface area contributed by atoms with Gasteiger partial charge in [-0.25, -0.2) is 0 Å². The molecule has 0 aromatic carbocycles. The van der Waals surface area contributed by atoms with Gasteiger partial charge < -0.3 is 23.7 Å². The van der Waals surface area contributed by atoms with Gasteiger partial charge in [-0.05, 0) is 120 Å². The smallest absolute Gasteiger partial charge is 0.0923 e. The lowest BCUT2D eigenvalue weighted by Crippen LogP contribution is -2.17. The maximum atomic E-state index is 6.17. The van der Waals surface area contributed by atoms with Gasteiger partial charge in [0.15, 0.2) is 0 Å². The van der Waals surface area contributed by atoms with E-state index in [2.05, 4.69) is 61.5 Å². The second-order valence-corrected chi connectivity index (χ2v) is 13.9. The van der Waals surface area contributed by atoms with Gasteiger partial charge in [-0.15, -0.1) is 0 Å². The molecule has 0 amide bonds. The van der Waals surface area contributed by atoms with E-state index in [0.717, 1.165) is 64.2 Å². The molecule has 5 fully saturated rings. The van der Waals surface area contributed by atoms with Crippen molar-refractivity contribution in [1.82, 2.24) is 0 Å². The molecule has 0 aliphatic carbocycles. The van der Waals surface area contributed by atoms with Gasteiger partial charge in [0.2, 0.25) is 0 Å². The predicted octanol–water partition coefficient (Wildman–Crippen LogP) is 6.66. The summed E-state index contributed by atoms with van der Waals surface area (Å²) in [6.45, 7) is 17.8. The number of allylic oxidation sites excluding steroid dienone is 2. The van der Waals surface area contributed by atoms with Crippen LogP contribution in [-0.2, 0) is 23.7 Å². The van der Waals surface area contributed by atoms with E-state index in [-0.39, 0.29) is 28.0 Å². The lowest BCUT2D eigenvalue weighted by Gasteiger charge is -2.08. The molecule has 5 rings (SSSR count). The highest BCUT2D eigenvalue weighted by atomic mass is 16.6. The van der Waals surface area contributed by atoms with Crippen LogP contribution in [-0.4, -0.2) is 58.5 Å². The van der Waals surface area contributed by atoms with Gasteiger partial charge in [-0.3, -0.25) is 0 Å². The molecule has 0 N–H and O–H groups in total. The van der Waals surface area contributed by atoms with Crippen molar-refractivity contribution in [2.24, 2.45) is 0 Å². The van der Waals surface area contributed by atoms with E-state index in [1.54, 1.807) is 0 Å². The van der Waals surface area contributed by atoms with E-state index in [1.807, 2.05) is 0 Å². The van der Waals surface area contributed by atoms with E-state index in [9.17, 15) is 0 Å². The van der Waals surface area contributed by atoms with Crippen LogP contribution in [0.25, 0.3) is 0 Å². The molecule has 5 heteroatoms. The second-order valence-electron chi connectivity index (χ2n) is 13.9. The van der Waals surface area contributed by atoms with Gasteiger partial charge >= 0.3 is 0 Å². The summed E-state index contributed by atoms with van der Waals surface area (Å²) in [5.41, 5.74) is 1.70. The van der Waals surface area contributed by atoms with Crippen LogP contribution in [0.5, 0.6) is 0 Å². The largest absolute Gasteiger partial charge is 0.367 e. The SMILES string of the molecule is CC(C)=CCC[C@]1(C)O[C@H]1CC[C@@]1(C)O[C@@H]1CC[C@H]1O[C@]1(C)CC[C@@H]1O[C@@]1(C)CC[C@H]1OC1(C)C. The first-order chi connectivity index (χ1) is 16.3. The fourth-order valence-corrected chi connectivity index (χ4v) is 6.44. The van der Waals surface area contributed by atoms with Crippen molar-refractivity contribution in [3.05, 3.63) is 11.6 Å². The van der Waals surface area contributed by atoms with Crippen LogP contribution in [0, 0.1) is 0 Å². The highest BCUT2D eigenvalue weighted by Gasteiger charge is 2.60. The highest BCUT2D eigenvalue weighted by molar-refractivity contribution is 5.08. The topological polar surface area (TPSA) is 62.6 Å². The summed E-state index contributed by atoms with van der Waals surface area (Å²) < 4.78 is 30.2. The molecular formula is C30H50O5. The molecule has 0 radical (unpaired) electrons. The summed E-state index contributed by atoms with van der Waals surface area (Å²) in [6.07, 6.45) is 15.4. The number of rotatable bonds is 15. The average Bonchev–Trinajstić information content (AvgIpc) is 3.61. The maximum absolute atomic E-state index is 6.17. The Balaban J connectivity index is 0.934. The van der Waals surface area contributed by atoms with E-state index >= 15 is 0 Å². The van der Waals surface area contributed by atoms with Gasteiger partial charge in [0, 0.05) is 0 Å². The summed E-state index contributed by atoms with van der Waals surface area (Å²) in [4.78, 5) is 0. The molecular weight excluding hydrogens is 440 g/mol. The Hall–Kier alpha value is -0.460. The molecule has 9 atom stereocenters. The van der Waals surface area contributed by atoms with Gasteiger partial charge in [-0.2, -0.15) is 0 Å². The van der Waals surface area contributed by atoms with Crippen molar-refractivity contribution in [1.29, 1.82) is 0 Å². The van der Waals surface area contributed by atoms with Gasteiger partial charge in [0.1, 0.15) is 0 Å². The predicted molar refractivity (Wildman–Crippen MR) is 138 cm³/mol. The lowest BCUT2D eigenvalue weighted by atomic mass is 9.90. The third-order valence-electron chi connectivity index (χ3n) is 9.90. The zero-order valence-electron chi connectivity index (χ0n) is 23.6. The third kappa shape index (κ3) is 6.00. The van der Waals surface area contributed by atoms with Crippen molar-refractivity contribution in [3.8, 4) is 0 Å². The molecule has 5 nitrogen and oxygen atoms in total. The van der Waals surface area contributed by atoms with E-state index in [4.69, 9.17) is 23.7 Å². The highest BCUT2D eigenvalue weighted by Crippen LogP contribution is 2.52. The van der Waals surface area contributed by atoms with Crippen molar-refractivity contribution in [2.45, 2.75) is 178 Å². The number of epoxide rings is 5. The summed E-state index contributed by atoms with van der Waals surface area (Å²) >= 11 is 0. The molecule has 0 aromatic rings. The zero-order valence-corrected chi connectivity index (χ0v) is 23.6. The second kappa shape index (κ2) is 8.80. The van der Waals surface area contributed by atoms with Gasteiger partial charge in [-0.1, -0.05) is 11.6 Å². The van der Waals surface area contributed by atoms with Crippen LogP contribution in [0.4, 0.5) is 0 Å². The average molecular weight is 491 g/mol.